The summed E-state index contributed by atoms with van der Waals surface area (Å²) in [5.74, 6) is 0. The fourth-order valence-corrected chi connectivity index (χ4v) is 2.44. The fourth-order valence-electron chi connectivity index (χ4n) is 2.44. The van der Waals surface area contributed by atoms with Gasteiger partial charge in [0.15, 0.2) is 0 Å². The van der Waals surface area contributed by atoms with Gasteiger partial charge in [0.05, 0.1) is 5.69 Å². The summed E-state index contributed by atoms with van der Waals surface area (Å²) in [6, 6.07) is 18.7. The first-order chi connectivity index (χ1) is 8.84. The third-order valence-electron chi connectivity index (χ3n) is 3.43. The van der Waals surface area contributed by atoms with Crippen LogP contribution in [0.3, 0.4) is 0 Å². The Bertz CT molecular complexity index is 524. The Kier molecular flexibility index (Phi) is 3.03. The Morgan fingerprint density at radius 3 is 2.50 bits per heavy atom. The lowest BCUT2D eigenvalue weighted by Crippen LogP contribution is -2.16. The largest absolute Gasteiger partial charge is 0.265 e. The van der Waals surface area contributed by atoms with Crippen LogP contribution in [0.1, 0.15) is 23.7 Å². The molecular weight excluding hydrogens is 222 g/mol. The Morgan fingerprint density at radius 2 is 1.72 bits per heavy atom. The average Bonchev–Trinajstić information content (AvgIpc) is 2.90. The fraction of sp³-hybridized carbons (Fsp3) is 0.250. The van der Waals surface area contributed by atoms with Gasteiger partial charge in [0.1, 0.15) is 6.10 Å². The second kappa shape index (κ2) is 4.83. The van der Waals surface area contributed by atoms with Crippen molar-refractivity contribution in [3.63, 3.8) is 0 Å². The van der Waals surface area contributed by atoms with Crippen molar-refractivity contribution >= 4 is 5.69 Å². The van der Waals surface area contributed by atoms with Gasteiger partial charge in [-0.3, -0.25) is 9.90 Å². The van der Waals surface area contributed by atoms with Crippen LogP contribution in [0.25, 0.3) is 0 Å². The van der Waals surface area contributed by atoms with Crippen molar-refractivity contribution in [1.29, 1.82) is 0 Å². The third kappa shape index (κ3) is 2.12. The first-order valence-electron chi connectivity index (χ1n) is 6.39. The van der Waals surface area contributed by atoms with Crippen molar-refractivity contribution in [2.45, 2.75) is 19.4 Å². The Morgan fingerprint density at radius 1 is 1.00 bits per heavy atom. The summed E-state index contributed by atoms with van der Waals surface area (Å²) < 4.78 is 0. The summed E-state index contributed by atoms with van der Waals surface area (Å²) in [6.45, 7) is 3.09. The van der Waals surface area contributed by atoms with E-state index in [-0.39, 0.29) is 6.10 Å². The minimum Gasteiger partial charge on any atom is -0.265 e. The van der Waals surface area contributed by atoms with Crippen LogP contribution in [-0.4, -0.2) is 6.54 Å². The minimum atomic E-state index is 0.186. The summed E-state index contributed by atoms with van der Waals surface area (Å²) in [6.07, 6.45) is 1.23. The molecule has 3 rings (SSSR count). The normalized spacial score (nSPS) is 19.2. The van der Waals surface area contributed by atoms with Gasteiger partial charge >= 0.3 is 0 Å². The van der Waals surface area contributed by atoms with Crippen LogP contribution in [-0.2, 0) is 4.84 Å². The molecule has 92 valence electrons. The molecule has 0 spiro atoms. The van der Waals surface area contributed by atoms with Gasteiger partial charge in [-0.2, -0.15) is 0 Å². The first kappa shape index (κ1) is 11.3. The molecule has 1 heterocycles. The van der Waals surface area contributed by atoms with Gasteiger partial charge in [0, 0.05) is 13.0 Å². The lowest BCUT2D eigenvalue weighted by atomic mass is 10.0. The van der Waals surface area contributed by atoms with Crippen molar-refractivity contribution in [2.24, 2.45) is 0 Å². The van der Waals surface area contributed by atoms with Crippen molar-refractivity contribution < 1.29 is 4.84 Å². The summed E-state index contributed by atoms with van der Waals surface area (Å²) in [7, 11) is 0. The lowest BCUT2D eigenvalue weighted by Gasteiger charge is -2.19. The minimum absolute atomic E-state index is 0.186. The van der Waals surface area contributed by atoms with Gasteiger partial charge in [-0.1, -0.05) is 42.5 Å². The zero-order valence-corrected chi connectivity index (χ0v) is 10.5. The molecule has 2 aromatic rings. The third-order valence-corrected chi connectivity index (χ3v) is 3.43. The molecule has 1 aliphatic rings. The topological polar surface area (TPSA) is 12.5 Å². The van der Waals surface area contributed by atoms with E-state index in [1.165, 1.54) is 11.1 Å². The van der Waals surface area contributed by atoms with Crippen LogP contribution in [0.5, 0.6) is 0 Å². The highest BCUT2D eigenvalue weighted by Gasteiger charge is 2.26. The van der Waals surface area contributed by atoms with Crippen LogP contribution >= 0.6 is 0 Å². The van der Waals surface area contributed by atoms with Crippen molar-refractivity contribution in [2.75, 3.05) is 11.6 Å². The molecule has 2 heteroatoms. The molecule has 2 aromatic carbocycles. The van der Waals surface area contributed by atoms with Gasteiger partial charge in [-0.05, 0) is 30.2 Å². The van der Waals surface area contributed by atoms with Gasteiger partial charge < -0.3 is 0 Å². The standard InChI is InChI=1S/C16H17NO/c1-13-7-5-6-10-15(13)16-11-12-17(18-16)14-8-3-2-4-9-14/h2-10,16H,11-12H2,1H3/t16-/m1/s1. The first-order valence-corrected chi connectivity index (χ1v) is 6.39. The molecule has 0 aromatic heterocycles. The van der Waals surface area contributed by atoms with E-state index >= 15 is 0 Å². The number of rotatable bonds is 2. The zero-order chi connectivity index (χ0) is 12.4. The maximum absolute atomic E-state index is 6.05. The predicted molar refractivity (Wildman–Crippen MR) is 73.4 cm³/mol. The summed E-state index contributed by atoms with van der Waals surface area (Å²) in [4.78, 5) is 6.05. The lowest BCUT2D eigenvalue weighted by molar-refractivity contribution is 0.0874. The van der Waals surface area contributed by atoms with E-state index in [4.69, 9.17) is 4.84 Å². The van der Waals surface area contributed by atoms with Gasteiger partial charge in [-0.15, -0.1) is 0 Å². The van der Waals surface area contributed by atoms with Crippen LogP contribution in [0.4, 0.5) is 5.69 Å². The van der Waals surface area contributed by atoms with E-state index in [0.717, 1.165) is 18.7 Å². The van der Waals surface area contributed by atoms with E-state index in [0.29, 0.717) is 0 Å². The second-order valence-electron chi connectivity index (χ2n) is 4.68. The second-order valence-corrected chi connectivity index (χ2v) is 4.68. The van der Waals surface area contributed by atoms with E-state index in [2.05, 4.69) is 43.3 Å². The van der Waals surface area contributed by atoms with Crippen molar-refractivity contribution in [3.05, 3.63) is 65.7 Å². The maximum atomic E-state index is 6.05. The number of hydroxylamine groups is 1. The molecule has 1 aliphatic heterocycles. The molecule has 1 atom stereocenters. The molecule has 0 unspecified atom stereocenters. The predicted octanol–water partition coefficient (Wildman–Crippen LogP) is 3.88. The summed E-state index contributed by atoms with van der Waals surface area (Å²) >= 11 is 0. The highest BCUT2D eigenvalue weighted by Crippen LogP contribution is 2.33. The van der Waals surface area contributed by atoms with Crippen LogP contribution in [0.15, 0.2) is 54.6 Å². The highest BCUT2D eigenvalue weighted by atomic mass is 16.7. The number of nitrogens with zero attached hydrogens (tertiary/aromatic N) is 1. The van der Waals surface area contributed by atoms with E-state index < -0.39 is 0 Å². The number of hydrogen-bond donors (Lipinski definition) is 0. The summed E-state index contributed by atoms with van der Waals surface area (Å²) in [5, 5.41) is 2.00. The smallest absolute Gasteiger partial charge is 0.113 e. The van der Waals surface area contributed by atoms with Crippen LogP contribution < -0.4 is 5.06 Å². The molecular formula is C16H17NO. The molecule has 0 saturated carbocycles. The number of para-hydroxylation sites is 1. The summed E-state index contributed by atoms with van der Waals surface area (Å²) in [5.41, 5.74) is 3.74. The zero-order valence-electron chi connectivity index (χ0n) is 10.5. The Balaban J connectivity index is 1.78. The number of hydrogen-bond acceptors (Lipinski definition) is 2. The molecule has 2 nitrogen and oxygen atoms in total. The number of aryl methyl sites for hydroxylation is 1. The van der Waals surface area contributed by atoms with Gasteiger partial charge in [-0.25, -0.2) is 0 Å². The number of anilines is 1. The van der Waals surface area contributed by atoms with Crippen LogP contribution in [0.2, 0.25) is 0 Å². The highest BCUT2D eigenvalue weighted by molar-refractivity contribution is 5.44. The van der Waals surface area contributed by atoms with E-state index in [1.807, 2.05) is 23.3 Å². The molecule has 0 amide bonds. The average molecular weight is 239 g/mol. The maximum Gasteiger partial charge on any atom is 0.113 e. The molecule has 0 N–H and O–H groups in total. The molecule has 0 aliphatic carbocycles. The molecule has 1 fully saturated rings. The molecule has 1 saturated heterocycles. The monoisotopic (exact) mass is 239 g/mol. The van der Waals surface area contributed by atoms with Crippen LogP contribution in [0, 0.1) is 6.92 Å². The Labute approximate surface area is 108 Å². The van der Waals surface area contributed by atoms with Gasteiger partial charge in [0.25, 0.3) is 0 Å². The molecule has 18 heavy (non-hydrogen) atoms. The molecule has 0 radical (unpaired) electrons. The van der Waals surface area contributed by atoms with E-state index in [9.17, 15) is 0 Å². The molecule has 0 bridgehead atoms. The quantitative estimate of drug-likeness (QED) is 0.788. The number of benzene rings is 2. The van der Waals surface area contributed by atoms with Gasteiger partial charge in [0.2, 0.25) is 0 Å². The Hall–Kier alpha value is -1.80. The van der Waals surface area contributed by atoms with Crippen molar-refractivity contribution in [3.8, 4) is 0 Å². The van der Waals surface area contributed by atoms with E-state index in [1.54, 1.807) is 0 Å². The van der Waals surface area contributed by atoms with Crippen molar-refractivity contribution in [1.82, 2.24) is 0 Å². The SMILES string of the molecule is Cc1ccccc1[C@H]1CCN(c2ccccc2)O1.